The van der Waals surface area contributed by atoms with E-state index in [2.05, 4.69) is 17.1 Å². The molecule has 4 aromatic rings. The van der Waals surface area contributed by atoms with Crippen LogP contribution >= 0.6 is 0 Å². The number of benzene rings is 2. The third-order valence-electron chi connectivity index (χ3n) is 5.35. The summed E-state index contributed by atoms with van der Waals surface area (Å²) in [7, 11) is 1.59. The fourth-order valence-corrected chi connectivity index (χ4v) is 3.73. The first-order valence-electron chi connectivity index (χ1n) is 9.83. The molecule has 30 heavy (non-hydrogen) atoms. The average Bonchev–Trinajstić information content (AvgIpc) is 3.45. The fourth-order valence-electron chi connectivity index (χ4n) is 3.73. The number of imidazole rings is 1. The zero-order valence-electron chi connectivity index (χ0n) is 16.9. The molecule has 0 radical (unpaired) electrons. The van der Waals surface area contributed by atoms with E-state index in [1.807, 2.05) is 48.7 Å². The summed E-state index contributed by atoms with van der Waals surface area (Å²) in [5, 5.41) is 16.9. The number of aryl methyl sites for hydroxylation is 1. The number of rotatable bonds is 7. The van der Waals surface area contributed by atoms with Crippen LogP contribution in [0, 0.1) is 0 Å². The number of aromatic nitrogens is 4. The van der Waals surface area contributed by atoms with Gasteiger partial charge in [0.2, 0.25) is 0 Å². The maximum Gasteiger partial charge on any atom is 0.333 e. The van der Waals surface area contributed by atoms with Crippen LogP contribution in [-0.4, -0.2) is 38.2 Å². The van der Waals surface area contributed by atoms with Gasteiger partial charge in [0, 0.05) is 24.2 Å². The Bertz CT molecular complexity index is 1190. The summed E-state index contributed by atoms with van der Waals surface area (Å²) >= 11 is 0. The van der Waals surface area contributed by atoms with Gasteiger partial charge in [0.05, 0.1) is 31.6 Å². The number of aliphatic hydroxyl groups is 1. The molecule has 2 heterocycles. The molecule has 0 bridgehead atoms. The van der Waals surface area contributed by atoms with Crippen LogP contribution in [0.3, 0.4) is 0 Å². The highest BCUT2D eigenvalue weighted by atomic mass is 16.5. The molecule has 1 atom stereocenters. The minimum absolute atomic E-state index is 0.198. The lowest BCUT2D eigenvalue weighted by Crippen LogP contribution is -2.28. The van der Waals surface area contributed by atoms with E-state index in [9.17, 15) is 9.90 Å². The molecule has 1 unspecified atom stereocenters. The second-order valence-electron chi connectivity index (χ2n) is 7.01. The van der Waals surface area contributed by atoms with Crippen LogP contribution in [-0.2, 0) is 6.42 Å². The zero-order valence-corrected chi connectivity index (χ0v) is 16.9. The van der Waals surface area contributed by atoms with Crippen molar-refractivity contribution in [2.75, 3.05) is 13.7 Å². The molecule has 7 nitrogen and oxygen atoms in total. The number of aliphatic hydroxyl groups excluding tert-OH is 1. The summed E-state index contributed by atoms with van der Waals surface area (Å²) in [6, 6.07) is 12.8. The minimum Gasteiger partial charge on any atom is -0.497 e. The molecule has 2 aromatic heterocycles. The number of methoxy groups -OCH3 is 1. The Morgan fingerprint density at radius 2 is 2.07 bits per heavy atom. The monoisotopic (exact) mass is 404 g/mol. The van der Waals surface area contributed by atoms with E-state index in [-0.39, 0.29) is 12.3 Å². The van der Waals surface area contributed by atoms with Crippen LogP contribution in [0.15, 0.2) is 72.0 Å². The topological polar surface area (TPSA) is 85.1 Å². The van der Waals surface area contributed by atoms with Crippen molar-refractivity contribution in [3.05, 3.63) is 88.9 Å². The van der Waals surface area contributed by atoms with Crippen molar-refractivity contribution < 1.29 is 9.84 Å². The Kier molecular flexibility index (Phi) is 5.54. The second kappa shape index (κ2) is 8.42. The van der Waals surface area contributed by atoms with Crippen molar-refractivity contribution in [1.29, 1.82) is 0 Å². The average molecular weight is 404 g/mol. The van der Waals surface area contributed by atoms with Crippen molar-refractivity contribution in [3.63, 3.8) is 0 Å². The summed E-state index contributed by atoms with van der Waals surface area (Å²) in [6.07, 6.45) is 7.91. The second-order valence-corrected chi connectivity index (χ2v) is 7.01. The first kappa shape index (κ1) is 19.7. The smallest absolute Gasteiger partial charge is 0.333 e. The Morgan fingerprint density at radius 1 is 1.20 bits per heavy atom. The van der Waals surface area contributed by atoms with Gasteiger partial charge in [0.1, 0.15) is 5.75 Å². The SMILES string of the molecule is CCc1cc(-n2ccn(C(CO)c3cccc(OC)c3)c2=O)ccc1-c1cn[nH]c1. The summed E-state index contributed by atoms with van der Waals surface area (Å²) in [5.41, 5.74) is 4.61. The molecule has 0 aliphatic heterocycles. The van der Waals surface area contributed by atoms with Crippen LogP contribution in [0.25, 0.3) is 16.8 Å². The van der Waals surface area contributed by atoms with Crippen molar-refractivity contribution >= 4 is 0 Å². The molecular formula is C23H24N4O3. The molecule has 0 spiro atoms. The van der Waals surface area contributed by atoms with Crippen LogP contribution in [0.5, 0.6) is 5.75 Å². The lowest BCUT2D eigenvalue weighted by molar-refractivity contribution is 0.246. The summed E-state index contributed by atoms with van der Waals surface area (Å²) in [5.74, 6) is 0.681. The highest BCUT2D eigenvalue weighted by molar-refractivity contribution is 5.67. The third kappa shape index (κ3) is 3.55. The number of ether oxygens (including phenoxy) is 1. The van der Waals surface area contributed by atoms with Gasteiger partial charge in [-0.15, -0.1) is 0 Å². The molecule has 0 fully saturated rings. The van der Waals surface area contributed by atoms with Crippen LogP contribution in [0.1, 0.15) is 24.1 Å². The van der Waals surface area contributed by atoms with Gasteiger partial charge < -0.3 is 9.84 Å². The van der Waals surface area contributed by atoms with Gasteiger partial charge in [-0.05, 0) is 47.4 Å². The molecular weight excluding hydrogens is 380 g/mol. The van der Waals surface area contributed by atoms with Gasteiger partial charge in [0.15, 0.2) is 0 Å². The molecule has 0 amide bonds. The largest absolute Gasteiger partial charge is 0.497 e. The molecule has 2 aromatic carbocycles. The maximum atomic E-state index is 13.2. The Labute approximate surface area is 174 Å². The lowest BCUT2D eigenvalue weighted by Gasteiger charge is -2.16. The van der Waals surface area contributed by atoms with Crippen molar-refractivity contribution in [2.45, 2.75) is 19.4 Å². The molecule has 0 aliphatic rings. The fraction of sp³-hybridized carbons (Fsp3) is 0.217. The third-order valence-corrected chi connectivity index (χ3v) is 5.35. The number of H-pyrrole nitrogens is 1. The Balaban J connectivity index is 1.73. The van der Waals surface area contributed by atoms with Gasteiger partial charge in [-0.3, -0.25) is 14.2 Å². The highest BCUT2D eigenvalue weighted by Gasteiger charge is 2.18. The molecule has 2 N–H and O–H groups in total. The number of nitrogens with zero attached hydrogens (tertiary/aromatic N) is 3. The normalized spacial score (nSPS) is 12.1. The summed E-state index contributed by atoms with van der Waals surface area (Å²) in [4.78, 5) is 13.2. The number of hydrogen-bond donors (Lipinski definition) is 2. The highest BCUT2D eigenvalue weighted by Crippen LogP contribution is 2.26. The molecule has 4 rings (SSSR count). The first-order chi connectivity index (χ1) is 14.7. The van der Waals surface area contributed by atoms with E-state index < -0.39 is 6.04 Å². The van der Waals surface area contributed by atoms with Crippen molar-refractivity contribution in [1.82, 2.24) is 19.3 Å². The maximum absolute atomic E-state index is 13.2. The zero-order chi connectivity index (χ0) is 21.1. The van der Waals surface area contributed by atoms with Gasteiger partial charge >= 0.3 is 5.69 Å². The first-order valence-corrected chi connectivity index (χ1v) is 9.83. The molecule has 0 aliphatic carbocycles. The molecule has 0 saturated heterocycles. The quantitative estimate of drug-likeness (QED) is 0.495. The van der Waals surface area contributed by atoms with E-state index in [0.717, 1.165) is 34.4 Å². The van der Waals surface area contributed by atoms with E-state index in [1.54, 1.807) is 34.8 Å². The number of aromatic amines is 1. The standard InChI is InChI=1S/C23H24N4O3/c1-3-16-11-19(7-8-21(16)18-13-24-25-14-18)26-9-10-27(23(26)29)22(15-28)17-5-4-6-20(12-17)30-2/h4-14,22,28H,3,15H2,1-2H3,(H,24,25). The van der Waals surface area contributed by atoms with Gasteiger partial charge in [-0.2, -0.15) is 5.10 Å². The number of hydrogen-bond acceptors (Lipinski definition) is 4. The van der Waals surface area contributed by atoms with Crippen LogP contribution < -0.4 is 10.4 Å². The molecule has 154 valence electrons. The Hall–Kier alpha value is -3.58. The van der Waals surface area contributed by atoms with E-state index in [0.29, 0.717) is 5.75 Å². The minimum atomic E-state index is -0.496. The predicted molar refractivity (Wildman–Crippen MR) is 115 cm³/mol. The lowest BCUT2D eigenvalue weighted by atomic mass is 10.00. The molecule has 0 saturated carbocycles. The van der Waals surface area contributed by atoms with Gasteiger partial charge in [-0.25, -0.2) is 4.79 Å². The summed E-state index contributed by atoms with van der Waals surface area (Å²) in [6.45, 7) is 1.89. The van der Waals surface area contributed by atoms with E-state index in [4.69, 9.17) is 4.74 Å². The van der Waals surface area contributed by atoms with Crippen LogP contribution in [0.4, 0.5) is 0 Å². The predicted octanol–water partition coefficient (Wildman–Crippen LogP) is 3.18. The van der Waals surface area contributed by atoms with Gasteiger partial charge in [0.25, 0.3) is 0 Å². The van der Waals surface area contributed by atoms with Crippen molar-refractivity contribution in [3.8, 4) is 22.6 Å². The molecule has 7 heteroatoms. The van der Waals surface area contributed by atoms with E-state index in [1.165, 1.54) is 0 Å². The summed E-state index contributed by atoms with van der Waals surface area (Å²) < 4.78 is 8.42. The van der Waals surface area contributed by atoms with Gasteiger partial charge in [-0.1, -0.05) is 25.1 Å². The Morgan fingerprint density at radius 3 is 2.77 bits per heavy atom. The van der Waals surface area contributed by atoms with Crippen LogP contribution in [0.2, 0.25) is 0 Å². The van der Waals surface area contributed by atoms with Crippen molar-refractivity contribution in [2.24, 2.45) is 0 Å². The number of nitrogens with one attached hydrogen (secondary N) is 1. The van der Waals surface area contributed by atoms with E-state index >= 15 is 0 Å².